The summed E-state index contributed by atoms with van der Waals surface area (Å²) in [7, 11) is 0. The fraction of sp³-hybridized carbons (Fsp3) is 0.250. The Balaban J connectivity index is 3.50. The Bertz CT molecular complexity index is 374. The Morgan fingerprint density at radius 2 is 1.85 bits per heavy atom. The predicted octanol–water partition coefficient (Wildman–Crippen LogP) is 1.38. The molecule has 70 valence electrons. The maximum absolute atomic E-state index is 10.5. The van der Waals surface area contributed by atoms with Crippen molar-refractivity contribution in [2.24, 2.45) is 0 Å². The maximum Gasteiger partial charge on any atom is 0.274 e. The van der Waals surface area contributed by atoms with Gasteiger partial charge in [-0.15, -0.1) is 0 Å². The summed E-state index contributed by atoms with van der Waals surface area (Å²) in [5, 5.41) is 10.5. The van der Waals surface area contributed by atoms with Crippen LogP contribution in [-0.4, -0.2) is 4.92 Å². The van der Waals surface area contributed by atoms with Gasteiger partial charge in [-0.2, -0.15) is 0 Å². The summed E-state index contributed by atoms with van der Waals surface area (Å²) in [6, 6.07) is 1.29. The van der Waals surface area contributed by atoms with Gasteiger partial charge >= 0.3 is 0 Å². The lowest BCUT2D eigenvalue weighted by Crippen LogP contribution is -2.02. The highest BCUT2D eigenvalue weighted by molar-refractivity contribution is 5.73. The van der Waals surface area contributed by atoms with E-state index in [0.29, 0.717) is 16.8 Å². The molecule has 0 aliphatic heterocycles. The number of nitrogens with zero attached hydrogens (tertiary/aromatic N) is 1. The van der Waals surface area contributed by atoms with Crippen LogP contribution in [0.15, 0.2) is 6.07 Å². The molecule has 0 amide bonds. The van der Waals surface area contributed by atoms with Crippen LogP contribution in [0.2, 0.25) is 0 Å². The molecule has 0 saturated heterocycles. The van der Waals surface area contributed by atoms with Gasteiger partial charge in [-0.25, -0.2) is 0 Å². The maximum atomic E-state index is 10.5. The fourth-order valence-electron chi connectivity index (χ4n) is 1.13. The lowest BCUT2D eigenvalue weighted by molar-refractivity contribution is -0.385. The molecule has 0 atom stereocenters. The van der Waals surface area contributed by atoms with Crippen molar-refractivity contribution in [1.82, 2.24) is 0 Å². The molecule has 5 nitrogen and oxygen atoms in total. The van der Waals surface area contributed by atoms with Crippen molar-refractivity contribution in [2.75, 3.05) is 11.5 Å². The molecule has 1 aromatic rings. The highest BCUT2D eigenvalue weighted by Crippen LogP contribution is 2.30. The van der Waals surface area contributed by atoms with Gasteiger partial charge in [0.25, 0.3) is 5.69 Å². The molecule has 0 aromatic heterocycles. The van der Waals surface area contributed by atoms with Crippen LogP contribution < -0.4 is 11.5 Å². The number of benzene rings is 1. The van der Waals surface area contributed by atoms with E-state index in [0.717, 1.165) is 0 Å². The summed E-state index contributed by atoms with van der Waals surface area (Å²) < 4.78 is 0. The van der Waals surface area contributed by atoms with Gasteiger partial charge < -0.3 is 11.5 Å². The molecule has 4 N–H and O–H groups in total. The number of anilines is 2. The van der Waals surface area contributed by atoms with Crippen LogP contribution in [0.3, 0.4) is 0 Å². The fourth-order valence-corrected chi connectivity index (χ4v) is 1.13. The first-order chi connectivity index (χ1) is 5.95. The van der Waals surface area contributed by atoms with E-state index < -0.39 is 4.92 Å². The Kier molecular flexibility index (Phi) is 2.10. The number of hydrogen-bond acceptors (Lipinski definition) is 4. The van der Waals surface area contributed by atoms with Crippen LogP contribution in [0.25, 0.3) is 0 Å². The molecule has 0 unspecified atom stereocenters. The first kappa shape index (κ1) is 9.31. The summed E-state index contributed by atoms with van der Waals surface area (Å²) in [5.74, 6) is 0. The summed E-state index contributed by atoms with van der Waals surface area (Å²) in [5.41, 5.74) is 13.0. The van der Waals surface area contributed by atoms with E-state index in [1.54, 1.807) is 13.8 Å². The highest BCUT2D eigenvalue weighted by atomic mass is 16.6. The second-order valence-corrected chi connectivity index (χ2v) is 2.91. The van der Waals surface area contributed by atoms with Crippen molar-refractivity contribution >= 4 is 17.1 Å². The molecule has 1 aromatic carbocycles. The van der Waals surface area contributed by atoms with Gasteiger partial charge in [-0.3, -0.25) is 10.1 Å². The summed E-state index contributed by atoms with van der Waals surface area (Å²) in [6.45, 7) is 3.37. The number of nitrogen functional groups attached to an aromatic ring is 2. The molecule has 0 bridgehead atoms. The lowest BCUT2D eigenvalue weighted by Gasteiger charge is -2.07. The van der Waals surface area contributed by atoms with Gasteiger partial charge in [-0.05, 0) is 19.4 Å². The van der Waals surface area contributed by atoms with Crippen molar-refractivity contribution in [3.63, 3.8) is 0 Å². The minimum absolute atomic E-state index is 0.0178. The van der Waals surface area contributed by atoms with Crippen LogP contribution in [-0.2, 0) is 0 Å². The van der Waals surface area contributed by atoms with E-state index >= 15 is 0 Å². The largest absolute Gasteiger partial charge is 0.397 e. The molecule has 5 heteroatoms. The average molecular weight is 181 g/mol. The van der Waals surface area contributed by atoms with Crippen LogP contribution in [0.5, 0.6) is 0 Å². The first-order valence-electron chi connectivity index (χ1n) is 3.74. The minimum Gasteiger partial charge on any atom is -0.397 e. The smallest absolute Gasteiger partial charge is 0.274 e. The Morgan fingerprint density at radius 3 is 2.31 bits per heavy atom. The van der Waals surface area contributed by atoms with Gasteiger partial charge in [0.05, 0.1) is 16.3 Å². The SMILES string of the molecule is Cc1c([N+](=O)[O-])cc(N)c(N)c1C. The zero-order valence-corrected chi connectivity index (χ0v) is 7.50. The Labute approximate surface area is 75.5 Å². The molecule has 0 heterocycles. The average Bonchev–Trinajstić information content (AvgIpc) is 2.07. The zero-order chi connectivity index (χ0) is 10.2. The summed E-state index contributed by atoms with van der Waals surface area (Å²) in [6.07, 6.45) is 0. The molecule has 0 aliphatic carbocycles. The third-order valence-electron chi connectivity index (χ3n) is 2.15. The molecule has 0 aliphatic rings. The molecule has 0 spiro atoms. The third-order valence-corrected chi connectivity index (χ3v) is 2.15. The number of hydrogen-bond donors (Lipinski definition) is 2. The van der Waals surface area contributed by atoms with E-state index in [9.17, 15) is 10.1 Å². The second-order valence-electron chi connectivity index (χ2n) is 2.91. The van der Waals surface area contributed by atoms with Crippen molar-refractivity contribution in [1.29, 1.82) is 0 Å². The van der Waals surface area contributed by atoms with Gasteiger partial charge in [0.15, 0.2) is 0 Å². The standard InChI is InChI=1S/C8H11N3O2/c1-4-5(2)8(10)6(9)3-7(4)11(12)13/h3H,9-10H2,1-2H3. The van der Waals surface area contributed by atoms with Crippen LogP contribution in [0.1, 0.15) is 11.1 Å². The molecule has 0 radical (unpaired) electrons. The normalized spacial score (nSPS) is 10.0. The lowest BCUT2D eigenvalue weighted by atomic mass is 10.0. The number of nitrogens with two attached hydrogens (primary N) is 2. The zero-order valence-electron chi connectivity index (χ0n) is 7.50. The van der Waals surface area contributed by atoms with Gasteiger partial charge in [0.1, 0.15) is 0 Å². The molecular formula is C8H11N3O2. The third kappa shape index (κ3) is 1.40. The molecular weight excluding hydrogens is 170 g/mol. The summed E-state index contributed by atoms with van der Waals surface area (Å²) >= 11 is 0. The van der Waals surface area contributed by atoms with Gasteiger partial charge in [-0.1, -0.05) is 0 Å². The van der Waals surface area contributed by atoms with Crippen LogP contribution in [0, 0.1) is 24.0 Å². The van der Waals surface area contributed by atoms with E-state index in [1.807, 2.05) is 0 Å². The quantitative estimate of drug-likeness (QED) is 0.388. The van der Waals surface area contributed by atoms with Crippen molar-refractivity contribution < 1.29 is 4.92 Å². The number of nitro groups is 1. The minimum atomic E-state index is -0.460. The van der Waals surface area contributed by atoms with E-state index in [-0.39, 0.29) is 11.4 Å². The van der Waals surface area contributed by atoms with Gasteiger partial charge in [0.2, 0.25) is 0 Å². The molecule has 13 heavy (non-hydrogen) atoms. The monoisotopic (exact) mass is 181 g/mol. The van der Waals surface area contributed by atoms with E-state index in [4.69, 9.17) is 11.5 Å². The second kappa shape index (κ2) is 2.93. The molecule has 0 fully saturated rings. The van der Waals surface area contributed by atoms with Crippen molar-refractivity contribution in [2.45, 2.75) is 13.8 Å². The summed E-state index contributed by atoms with van der Waals surface area (Å²) in [4.78, 5) is 10.1. The van der Waals surface area contributed by atoms with E-state index in [1.165, 1.54) is 6.07 Å². The van der Waals surface area contributed by atoms with Crippen LogP contribution in [0.4, 0.5) is 17.1 Å². The molecule has 0 saturated carbocycles. The van der Waals surface area contributed by atoms with Crippen molar-refractivity contribution in [3.8, 4) is 0 Å². The number of rotatable bonds is 1. The number of nitro benzene ring substituents is 1. The Morgan fingerprint density at radius 1 is 1.31 bits per heavy atom. The molecule has 1 rings (SSSR count). The Hall–Kier alpha value is -1.78. The highest BCUT2D eigenvalue weighted by Gasteiger charge is 2.16. The first-order valence-corrected chi connectivity index (χ1v) is 3.74. The van der Waals surface area contributed by atoms with Crippen molar-refractivity contribution in [3.05, 3.63) is 27.3 Å². The van der Waals surface area contributed by atoms with E-state index in [2.05, 4.69) is 0 Å². The van der Waals surface area contributed by atoms with Crippen LogP contribution >= 0.6 is 0 Å². The van der Waals surface area contributed by atoms with Gasteiger partial charge in [0, 0.05) is 11.6 Å². The topological polar surface area (TPSA) is 95.2 Å². The predicted molar refractivity (Wildman–Crippen MR) is 51.4 cm³/mol.